The molecule has 4 unspecified atom stereocenters. The highest BCUT2D eigenvalue weighted by Crippen LogP contribution is 2.23. The third-order valence-corrected chi connectivity index (χ3v) is 3.15. The van der Waals surface area contributed by atoms with E-state index in [0.29, 0.717) is 6.04 Å². The molecule has 3 N–H and O–H groups in total. The van der Waals surface area contributed by atoms with Crippen LogP contribution >= 0.6 is 0 Å². The second-order valence-electron chi connectivity index (χ2n) is 3.80. The zero-order valence-corrected chi connectivity index (χ0v) is 6.51. The Bertz CT molecular complexity index is 170. The van der Waals surface area contributed by atoms with E-state index in [0.717, 1.165) is 25.2 Å². The van der Waals surface area contributed by atoms with Crippen molar-refractivity contribution in [1.29, 1.82) is 0 Å². The van der Waals surface area contributed by atoms with E-state index in [1.165, 1.54) is 13.1 Å². The summed E-state index contributed by atoms with van der Waals surface area (Å²) >= 11 is 0. The number of hydrogen-bond donors (Lipinski definition) is 3. The molecule has 0 amide bonds. The summed E-state index contributed by atoms with van der Waals surface area (Å²) in [5.41, 5.74) is 6.56. The van der Waals surface area contributed by atoms with E-state index >= 15 is 0 Å². The van der Waals surface area contributed by atoms with Gasteiger partial charge >= 0.3 is 0 Å². The predicted octanol–water partition coefficient (Wildman–Crippen LogP) is -1.68. The Morgan fingerprint density at radius 2 is 2.09 bits per heavy atom. The van der Waals surface area contributed by atoms with Gasteiger partial charge in [-0.2, -0.15) is 0 Å². The first-order valence-electron chi connectivity index (χ1n) is 4.37. The molecule has 0 aromatic rings. The largest absolute Gasteiger partial charge is 0.300 e. The van der Waals surface area contributed by atoms with Gasteiger partial charge in [0.25, 0.3) is 0 Å². The summed E-state index contributed by atoms with van der Waals surface area (Å²) in [7, 11) is 0. The van der Waals surface area contributed by atoms with E-state index < -0.39 is 0 Å². The highest BCUT2D eigenvalue weighted by molar-refractivity contribution is 5.00. The fraction of sp³-hybridized carbons (Fsp3) is 1.00. The zero-order chi connectivity index (χ0) is 7.26. The molecule has 4 heteroatoms. The third-order valence-electron chi connectivity index (χ3n) is 3.15. The van der Waals surface area contributed by atoms with Crippen LogP contribution in [0, 0.1) is 5.92 Å². The standard InChI is InChI=1S/C7H14N4/c1-5-6-2-11(4-8-6)3-7(5)10-9-1/h5-10H,1-4H2. The molecule has 0 spiro atoms. The van der Waals surface area contributed by atoms with Crippen LogP contribution in [0.4, 0.5) is 0 Å². The molecule has 11 heavy (non-hydrogen) atoms. The van der Waals surface area contributed by atoms with E-state index in [1.54, 1.807) is 0 Å². The Morgan fingerprint density at radius 3 is 3.09 bits per heavy atom. The van der Waals surface area contributed by atoms with Crippen molar-refractivity contribution in [3.8, 4) is 0 Å². The summed E-state index contributed by atoms with van der Waals surface area (Å²) in [4.78, 5) is 2.48. The van der Waals surface area contributed by atoms with Crippen LogP contribution < -0.4 is 16.2 Å². The minimum Gasteiger partial charge on any atom is -0.300 e. The monoisotopic (exact) mass is 154 g/mol. The van der Waals surface area contributed by atoms with Gasteiger partial charge in [-0.05, 0) is 0 Å². The SMILES string of the molecule is C1NNC2CN3CNC(C3)C12. The number of nitrogens with zero attached hydrogens (tertiary/aromatic N) is 1. The first-order chi connectivity index (χ1) is 5.43. The number of piperidine rings is 1. The average molecular weight is 154 g/mol. The number of hydrogen-bond acceptors (Lipinski definition) is 4. The van der Waals surface area contributed by atoms with Crippen LogP contribution in [0.15, 0.2) is 0 Å². The first-order valence-corrected chi connectivity index (χ1v) is 4.37. The van der Waals surface area contributed by atoms with E-state index in [-0.39, 0.29) is 0 Å². The molecule has 3 fully saturated rings. The van der Waals surface area contributed by atoms with Crippen molar-refractivity contribution in [3.05, 3.63) is 0 Å². The van der Waals surface area contributed by atoms with Crippen LogP contribution in [0.3, 0.4) is 0 Å². The highest BCUT2D eigenvalue weighted by atomic mass is 15.5. The lowest BCUT2D eigenvalue weighted by Gasteiger charge is -2.31. The Labute approximate surface area is 66.3 Å². The van der Waals surface area contributed by atoms with Gasteiger partial charge in [0.2, 0.25) is 0 Å². The molecule has 3 aliphatic rings. The summed E-state index contributed by atoms with van der Waals surface area (Å²) < 4.78 is 0. The second kappa shape index (κ2) is 2.17. The predicted molar refractivity (Wildman–Crippen MR) is 41.8 cm³/mol. The summed E-state index contributed by atoms with van der Waals surface area (Å²) in [6.45, 7) is 4.70. The molecular weight excluding hydrogens is 140 g/mol. The Kier molecular flexibility index (Phi) is 1.25. The number of hydrazine groups is 1. The van der Waals surface area contributed by atoms with Crippen LogP contribution in [-0.4, -0.2) is 43.3 Å². The summed E-state index contributed by atoms with van der Waals surface area (Å²) in [6.07, 6.45) is 0. The van der Waals surface area contributed by atoms with E-state index in [4.69, 9.17) is 0 Å². The molecule has 4 atom stereocenters. The molecule has 2 bridgehead atoms. The lowest BCUT2D eigenvalue weighted by Crippen LogP contribution is -2.49. The van der Waals surface area contributed by atoms with Gasteiger partial charge < -0.3 is 0 Å². The maximum Gasteiger partial charge on any atom is 0.0484 e. The molecule has 0 aromatic heterocycles. The van der Waals surface area contributed by atoms with Crippen molar-refractivity contribution in [2.24, 2.45) is 5.92 Å². The summed E-state index contributed by atoms with van der Waals surface area (Å²) in [5.74, 6) is 0.814. The first kappa shape index (κ1) is 6.37. The molecule has 0 radical (unpaired) electrons. The minimum atomic E-state index is 0.684. The van der Waals surface area contributed by atoms with Gasteiger partial charge in [0.1, 0.15) is 0 Å². The molecule has 3 saturated heterocycles. The van der Waals surface area contributed by atoms with Crippen molar-refractivity contribution < 1.29 is 0 Å². The van der Waals surface area contributed by atoms with Crippen molar-refractivity contribution in [2.45, 2.75) is 12.1 Å². The van der Waals surface area contributed by atoms with Gasteiger partial charge in [-0.15, -0.1) is 0 Å². The van der Waals surface area contributed by atoms with Gasteiger partial charge in [0.05, 0.1) is 0 Å². The highest BCUT2D eigenvalue weighted by Gasteiger charge is 2.42. The fourth-order valence-corrected chi connectivity index (χ4v) is 2.52. The van der Waals surface area contributed by atoms with Crippen LogP contribution in [0.1, 0.15) is 0 Å². The number of nitrogens with one attached hydrogen (secondary N) is 3. The molecule has 3 rings (SSSR count). The average Bonchev–Trinajstić information content (AvgIpc) is 2.58. The van der Waals surface area contributed by atoms with Crippen molar-refractivity contribution in [3.63, 3.8) is 0 Å². The Balaban J connectivity index is 1.85. The molecule has 62 valence electrons. The zero-order valence-electron chi connectivity index (χ0n) is 6.51. The summed E-state index contributed by atoms with van der Waals surface area (Å²) in [5, 5.41) is 3.54. The molecule has 4 nitrogen and oxygen atoms in total. The van der Waals surface area contributed by atoms with Crippen LogP contribution in [0.25, 0.3) is 0 Å². The fourth-order valence-electron chi connectivity index (χ4n) is 2.52. The summed E-state index contributed by atoms with van der Waals surface area (Å²) in [6, 6.07) is 1.42. The van der Waals surface area contributed by atoms with Crippen LogP contribution in [-0.2, 0) is 0 Å². The number of fused-ring (bicyclic) bond motifs is 4. The topological polar surface area (TPSA) is 39.3 Å². The third kappa shape index (κ3) is 0.840. The molecule has 0 saturated carbocycles. The normalized spacial score (nSPS) is 54.5. The van der Waals surface area contributed by atoms with E-state index in [9.17, 15) is 0 Å². The lowest BCUT2D eigenvalue weighted by atomic mass is 9.91. The number of rotatable bonds is 0. The van der Waals surface area contributed by atoms with Crippen molar-refractivity contribution >= 4 is 0 Å². The Hall–Kier alpha value is -0.160. The molecular formula is C7H14N4. The van der Waals surface area contributed by atoms with Gasteiger partial charge in [-0.3, -0.25) is 21.1 Å². The molecule has 0 aromatic carbocycles. The quantitative estimate of drug-likeness (QED) is 0.390. The van der Waals surface area contributed by atoms with Crippen LogP contribution in [0.2, 0.25) is 0 Å². The van der Waals surface area contributed by atoms with E-state index in [2.05, 4.69) is 21.1 Å². The van der Waals surface area contributed by atoms with Gasteiger partial charge in [-0.25, -0.2) is 0 Å². The van der Waals surface area contributed by atoms with Crippen molar-refractivity contribution in [1.82, 2.24) is 21.1 Å². The van der Waals surface area contributed by atoms with E-state index in [1.807, 2.05) is 0 Å². The molecule has 3 heterocycles. The maximum atomic E-state index is 3.54. The molecule has 3 aliphatic heterocycles. The minimum absolute atomic E-state index is 0.684. The molecule has 0 aliphatic carbocycles. The van der Waals surface area contributed by atoms with Gasteiger partial charge in [0.15, 0.2) is 0 Å². The van der Waals surface area contributed by atoms with Gasteiger partial charge in [0, 0.05) is 44.3 Å². The van der Waals surface area contributed by atoms with Crippen LogP contribution in [0.5, 0.6) is 0 Å². The second-order valence-corrected chi connectivity index (χ2v) is 3.80. The smallest absolute Gasteiger partial charge is 0.0484 e. The van der Waals surface area contributed by atoms with Gasteiger partial charge in [-0.1, -0.05) is 0 Å². The lowest BCUT2D eigenvalue weighted by molar-refractivity contribution is 0.218. The Morgan fingerprint density at radius 1 is 1.18 bits per heavy atom. The van der Waals surface area contributed by atoms with Crippen molar-refractivity contribution in [2.75, 3.05) is 26.3 Å². The maximum absolute atomic E-state index is 3.54.